The second-order valence-corrected chi connectivity index (χ2v) is 8.99. The summed E-state index contributed by atoms with van der Waals surface area (Å²) in [6, 6.07) is 6.87. The lowest BCUT2D eigenvalue weighted by Gasteiger charge is -2.09. The molecule has 140 valence electrons. The number of thiophene rings is 1. The number of thiazole rings is 1. The molecule has 0 N–H and O–H groups in total. The van der Waals surface area contributed by atoms with E-state index in [1.165, 1.54) is 11.3 Å². The first-order valence-electron chi connectivity index (χ1n) is 7.59. The summed E-state index contributed by atoms with van der Waals surface area (Å²) in [5.41, 5.74) is 0.810. The molecule has 0 spiro atoms. The minimum absolute atomic E-state index is 0.211. The molecule has 0 atom stereocenters. The van der Waals surface area contributed by atoms with Crippen LogP contribution >= 0.6 is 22.7 Å². The Morgan fingerprint density at radius 2 is 1.88 bits per heavy atom. The minimum atomic E-state index is -3.77. The average molecular weight is 415 g/mol. The van der Waals surface area contributed by atoms with Crippen LogP contribution in [0.1, 0.15) is 0 Å². The molecule has 3 aromatic rings. The smallest absolute Gasteiger partial charge is 0.294 e. The number of hydrogen-bond donors (Lipinski definition) is 0. The molecule has 0 saturated carbocycles. The van der Waals surface area contributed by atoms with Crippen molar-refractivity contribution in [3.63, 3.8) is 0 Å². The lowest BCUT2D eigenvalue weighted by Crippen LogP contribution is -2.19. The van der Waals surface area contributed by atoms with Crippen molar-refractivity contribution in [1.82, 2.24) is 4.57 Å². The number of fused-ring (bicyclic) bond motifs is 1. The minimum Gasteiger partial charge on any atom is -0.493 e. The highest BCUT2D eigenvalue weighted by Crippen LogP contribution is 2.33. The summed E-state index contributed by atoms with van der Waals surface area (Å²) < 4.78 is 47.9. The van der Waals surface area contributed by atoms with Gasteiger partial charge in [0.15, 0.2) is 11.5 Å². The highest BCUT2D eigenvalue weighted by Gasteiger charge is 2.17. The van der Waals surface area contributed by atoms with E-state index in [0.717, 1.165) is 21.6 Å². The Morgan fingerprint density at radius 3 is 2.50 bits per heavy atom. The molecule has 0 aliphatic rings. The van der Waals surface area contributed by atoms with Crippen molar-refractivity contribution < 1.29 is 22.6 Å². The number of hydrogen-bond acceptors (Lipinski definition) is 7. The van der Waals surface area contributed by atoms with Gasteiger partial charge in [-0.3, -0.25) is 0 Å². The normalized spacial score (nSPS) is 12.7. The first-order chi connectivity index (χ1) is 12.5. The molecular weight excluding hydrogens is 396 g/mol. The Labute approximate surface area is 159 Å². The van der Waals surface area contributed by atoms with Crippen molar-refractivity contribution >= 4 is 42.9 Å². The van der Waals surface area contributed by atoms with Crippen molar-refractivity contribution in [2.24, 2.45) is 4.40 Å². The molecule has 0 aliphatic heterocycles. The van der Waals surface area contributed by atoms with Crippen LogP contribution in [0.3, 0.4) is 0 Å². The Bertz CT molecular complexity index is 1070. The lowest BCUT2D eigenvalue weighted by atomic mass is 10.3. The predicted octanol–water partition coefficient (Wildman–Crippen LogP) is 2.72. The van der Waals surface area contributed by atoms with Gasteiger partial charge in [0.25, 0.3) is 10.0 Å². The van der Waals surface area contributed by atoms with E-state index in [-0.39, 0.29) is 4.21 Å². The summed E-state index contributed by atoms with van der Waals surface area (Å²) >= 11 is 2.42. The van der Waals surface area contributed by atoms with Gasteiger partial charge in [0.05, 0.1) is 31.0 Å². The van der Waals surface area contributed by atoms with Crippen LogP contribution in [0.25, 0.3) is 10.2 Å². The third-order valence-corrected chi connectivity index (χ3v) is 7.45. The van der Waals surface area contributed by atoms with Crippen LogP contribution in [0, 0.1) is 0 Å². The number of rotatable bonds is 7. The van der Waals surface area contributed by atoms with Crippen LogP contribution in [0.4, 0.5) is 0 Å². The Morgan fingerprint density at radius 1 is 1.15 bits per heavy atom. The van der Waals surface area contributed by atoms with E-state index in [1.807, 2.05) is 16.7 Å². The van der Waals surface area contributed by atoms with E-state index in [4.69, 9.17) is 14.2 Å². The van der Waals surface area contributed by atoms with Crippen LogP contribution in [0.15, 0.2) is 38.3 Å². The van der Waals surface area contributed by atoms with E-state index in [1.54, 1.807) is 38.8 Å². The summed E-state index contributed by atoms with van der Waals surface area (Å²) in [6.45, 7) is 0.886. The molecule has 0 radical (unpaired) electrons. The highest BCUT2D eigenvalue weighted by molar-refractivity contribution is 7.92. The number of ether oxygens (including phenoxy) is 3. The van der Waals surface area contributed by atoms with E-state index in [2.05, 4.69) is 4.40 Å². The molecule has 0 aliphatic carbocycles. The highest BCUT2D eigenvalue weighted by atomic mass is 32.2. The molecule has 10 heteroatoms. The third-order valence-electron chi connectivity index (χ3n) is 3.65. The molecule has 26 heavy (non-hydrogen) atoms. The van der Waals surface area contributed by atoms with Gasteiger partial charge in [-0.15, -0.1) is 15.7 Å². The number of sulfonamides is 1. The Hall–Kier alpha value is -1.88. The van der Waals surface area contributed by atoms with Crippen molar-refractivity contribution in [3.8, 4) is 11.5 Å². The van der Waals surface area contributed by atoms with E-state index < -0.39 is 10.0 Å². The number of nitrogens with zero attached hydrogens (tertiary/aromatic N) is 2. The second kappa shape index (κ2) is 7.78. The SMILES string of the molecule is COCCn1c(=NS(=O)(=O)c2cccs2)sc2cc(OC)c(OC)cc21. The van der Waals surface area contributed by atoms with Gasteiger partial charge in [-0.05, 0) is 11.4 Å². The van der Waals surface area contributed by atoms with Crippen LogP contribution in [-0.2, 0) is 21.3 Å². The van der Waals surface area contributed by atoms with E-state index in [0.29, 0.717) is 29.5 Å². The fourth-order valence-electron chi connectivity index (χ4n) is 2.42. The van der Waals surface area contributed by atoms with Gasteiger partial charge in [-0.2, -0.15) is 8.42 Å². The number of aromatic nitrogens is 1. The summed E-state index contributed by atoms with van der Waals surface area (Å²) in [4.78, 5) is 0.376. The van der Waals surface area contributed by atoms with Gasteiger partial charge in [-0.1, -0.05) is 17.4 Å². The quantitative estimate of drug-likeness (QED) is 0.594. The van der Waals surface area contributed by atoms with Crippen molar-refractivity contribution in [2.75, 3.05) is 27.9 Å². The number of benzene rings is 1. The maximum Gasteiger partial charge on any atom is 0.294 e. The lowest BCUT2D eigenvalue weighted by molar-refractivity contribution is 0.187. The molecule has 0 unspecified atom stereocenters. The first kappa shape index (κ1) is 18.9. The van der Waals surface area contributed by atoms with Gasteiger partial charge >= 0.3 is 0 Å². The van der Waals surface area contributed by atoms with E-state index >= 15 is 0 Å². The van der Waals surface area contributed by atoms with Crippen LogP contribution in [-0.4, -0.2) is 40.9 Å². The monoisotopic (exact) mass is 414 g/mol. The molecule has 0 amide bonds. The second-order valence-electron chi connectivity index (χ2n) is 5.20. The van der Waals surface area contributed by atoms with E-state index in [9.17, 15) is 8.42 Å². The molecule has 7 nitrogen and oxygen atoms in total. The van der Waals surface area contributed by atoms with Crippen molar-refractivity contribution in [1.29, 1.82) is 0 Å². The molecule has 1 aromatic carbocycles. The van der Waals surface area contributed by atoms with Crippen LogP contribution in [0.5, 0.6) is 11.5 Å². The number of methoxy groups -OCH3 is 3. The topological polar surface area (TPSA) is 79.1 Å². The summed E-state index contributed by atoms with van der Waals surface area (Å²) in [6.07, 6.45) is 0. The molecule has 0 fully saturated rings. The zero-order valence-electron chi connectivity index (χ0n) is 14.5. The van der Waals surface area contributed by atoms with Crippen molar-refractivity contribution in [2.45, 2.75) is 10.8 Å². The molecule has 3 rings (SSSR count). The van der Waals surface area contributed by atoms with Gasteiger partial charge in [0, 0.05) is 25.8 Å². The predicted molar refractivity (Wildman–Crippen MR) is 102 cm³/mol. The Balaban J connectivity index is 2.25. The zero-order valence-corrected chi connectivity index (χ0v) is 16.9. The van der Waals surface area contributed by atoms with Crippen LogP contribution < -0.4 is 14.3 Å². The fraction of sp³-hybridized carbons (Fsp3) is 0.312. The van der Waals surface area contributed by atoms with Crippen LogP contribution in [0.2, 0.25) is 0 Å². The van der Waals surface area contributed by atoms with Gasteiger partial charge < -0.3 is 18.8 Å². The summed E-state index contributed by atoms with van der Waals surface area (Å²) in [5.74, 6) is 1.14. The molecule has 2 heterocycles. The molecule has 0 saturated heterocycles. The van der Waals surface area contributed by atoms with Crippen molar-refractivity contribution in [3.05, 3.63) is 34.4 Å². The largest absolute Gasteiger partial charge is 0.493 e. The van der Waals surface area contributed by atoms with Gasteiger partial charge in [0.2, 0.25) is 4.80 Å². The van der Waals surface area contributed by atoms with Gasteiger partial charge in [0.1, 0.15) is 4.21 Å². The molecular formula is C16H18N2O5S3. The average Bonchev–Trinajstić information content (AvgIpc) is 3.27. The maximum atomic E-state index is 12.6. The molecule has 0 bridgehead atoms. The first-order valence-corrected chi connectivity index (χ1v) is 10.7. The maximum absolute atomic E-state index is 12.6. The standard InChI is InChI=1S/C16H18N2O5S3/c1-21-7-6-18-11-9-12(22-2)13(23-3)10-14(11)25-16(18)17-26(19,20)15-5-4-8-24-15/h4-5,8-10H,6-7H2,1-3H3. The summed E-state index contributed by atoms with van der Waals surface area (Å²) in [7, 11) is 0.944. The Kier molecular flexibility index (Phi) is 5.66. The zero-order chi connectivity index (χ0) is 18.7. The third kappa shape index (κ3) is 3.63. The fourth-order valence-corrected chi connectivity index (χ4v) is 5.66. The van der Waals surface area contributed by atoms with Gasteiger partial charge in [-0.25, -0.2) is 0 Å². The summed E-state index contributed by atoms with van der Waals surface area (Å²) in [5, 5.41) is 1.71. The molecule has 2 aromatic heterocycles.